The number of ether oxygens (including phenoxy) is 1. The zero-order valence-corrected chi connectivity index (χ0v) is 18.0. The molecular formula is C19H31IN4O. The van der Waals surface area contributed by atoms with Crippen molar-refractivity contribution in [2.75, 3.05) is 7.05 Å². The molecule has 1 aromatic heterocycles. The number of aliphatic imine (C=N–C) groups is 1. The van der Waals surface area contributed by atoms with E-state index in [0.717, 1.165) is 30.8 Å². The van der Waals surface area contributed by atoms with E-state index in [9.17, 15) is 0 Å². The van der Waals surface area contributed by atoms with Gasteiger partial charge in [0.1, 0.15) is 0 Å². The Morgan fingerprint density at radius 3 is 2.68 bits per heavy atom. The van der Waals surface area contributed by atoms with E-state index in [4.69, 9.17) is 4.74 Å². The van der Waals surface area contributed by atoms with Crippen LogP contribution in [0.1, 0.15) is 45.6 Å². The second kappa shape index (κ2) is 11.3. The number of guanidine groups is 1. The molecule has 140 valence electrons. The van der Waals surface area contributed by atoms with Crippen molar-refractivity contribution in [1.29, 1.82) is 0 Å². The molecule has 0 saturated heterocycles. The van der Waals surface area contributed by atoms with Crippen LogP contribution in [-0.4, -0.2) is 30.1 Å². The van der Waals surface area contributed by atoms with Gasteiger partial charge in [0.15, 0.2) is 5.96 Å². The van der Waals surface area contributed by atoms with Crippen molar-refractivity contribution in [3.8, 4) is 5.88 Å². The van der Waals surface area contributed by atoms with Crippen LogP contribution in [0.15, 0.2) is 35.5 Å². The SMILES string of the molecule is CN=C(NCc1ccnc(OC(C)CC(C)C)c1)NC1CC=CC1.I. The predicted molar refractivity (Wildman–Crippen MR) is 115 cm³/mol. The summed E-state index contributed by atoms with van der Waals surface area (Å²) in [5.41, 5.74) is 1.13. The summed E-state index contributed by atoms with van der Waals surface area (Å²) in [6.07, 6.45) is 9.52. The summed E-state index contributed by atoms with van der Waals surface area (Å²) in [7, 11) is 1.80. The molecule has 25 heavy (non-hydrogen) atoms. The molecule has 0 bridgehead atoms. The van der Waals surface area contributed by atoms with Crippen molar-refractivity contribution < 1.29 is 4.74 Å². The summed E-state index contributed by atoms with van der Waals surface area (Å²) < 4.78 is 5.91. The molecule has 1 heterocycles. The normalized spacial score (nSPS) is 15.8. The first kappa shape index (κ1) is 21.7. The molecule has 5 nitrogen and oxygen atoms in total. The zero-order valence-electron chi connectivity index (χ0n) is 15.7. The van der Waals surface area contributed by atoms with Crippen molar-refractivity contribution in [2.45, 2.75) is 58.7 Å². The average molecular weight is 458 g/mol. The minimum Gasteiger partial charge on any atom is -0.475 e. The molecule has 0 fully saturated rings. The highest BCUT2D eigenvalue weighted by molar-refractivity contribution is 14.0. The molecule has 6 heteroatoms. The van der Waals surface area contributed by atoms with Crippen LogP contribution in [0.25, 0.3) is 0 Å². The first-order valence-electron chi connectivity index (χ1n) is 8.80. The minimum atomic E-state index is 0. The fraction of sp³-hybridized carbons (Fsp3) is 0.579. The Kier molecular flexibility index (Phi) is 9.85. The van der Waals surface area contributed by atoms with Gasteiger partial charge in [0.05, 0.1) is 6.10 Å². The fourth-order valence-corrected chi connectivity index (χ4v) is 2.85. The van der Waals surface area contributed by atoms with Crippen molar-refractivity contribution >= 4 is 29.9 Å². The summed E-state index contributed by atoms with van der Waals surface area (Å²) in [5, 5.41) is 6.79. The molecule has 2 N–H and O–H groups in total. The van der Waals surface area contributed by atoms with E-state index in [2.05, 4.69) is 53.5 Å². The standard InChI is InChI=1S/C19H30N4O.HI/c1-14(2)11-15(3)24-18-12-16(9-10-21-18)13-22-19(20-4)23-17-7-5-6-8-17;/h5-6,9-10,12,14-15,17H,7-8,11,13H2,1-4H3,(H2,20,22,23);1H. The number of halogens is 1. The van der Waals surface area contributed by atoms with Gasteiger partial charge in [-0.25, -0.2) is 4.98 Å². The highest BCUT2D eigenvalue weighted by atomic mass is 127. The Labute approximate surface area is 168 Å². The van der Waals surface area contributed by atoms with E-state index in [-0.39, 0.29) is 30.1 Å². The molecule has 0 amide bonds. The Hall–Kier alpha value is -1.31. The van der Waals surface area contributed by atoms with Crippen molar-refractivity contribution in [1.82, 2.24) is 15.6 Å². The number of pyridine rings is 1. The summed E-state index contributed by atoms with van der Waals surface area (Å²) in [6.45, 7) is 7.18. The van der Waals surface area contributed by atoms with Crippen LogP contribution in [0, 0.1) is 5.92 Å². The van der Waals surface area contributed by atoms with Gasteiger partial charge in [0, 0.05) is 31.9 Å². The number of hydrogen-bond acceptors (Lipinski definition) is 3. The molecule has 1 atom stereocenters. The summed E-state index contributed by atoms with van der Waals surface area (Å²) >= 11 is 0. The van der Waals surface area contributed by atoms with E-state index >= 15 is 0 Å². The third kappa shape index (κ3) is 8.07. The van der Waals surface area contributed by atoms with Crippen LogP contribution in [-0.2, 0) is 6.54 Å². The molecule has 0 aliphatic heterocycles. The number of nitrogens with one attached hydrogen (secondary N) is 2. The van der Waals surface area contributed by atoms with Crippen LogP contribution < -0.4 is 15.4 Å². The fourth-order valence-electron chi connectivity index (χ4n) is 2.85. The smallest absolute Gasteiger partial charge is 0.213 e. The Bertz CT molecular complexity index is 566. The molecule has 0 aromatic carbocycles. The highest BCUT2D eigenvalue weighted by Crippen LogP contribution is 2.15. The molecule has 1 unspecified atom stereocenters. The maximum absolute atomic E-state index is 5.91. The van der Waals surface area contributed by atoms with Gasteiger partial charge in [-0.1, -0.05) is 26.0 Å². The van der Waals surface area contributed by atoms with Gasteiger partial charge in [-0.15, -0.1) is 24.0 Å². The van der Waals surface area contributed by atoms with Crippen LogP contribution in [0.2, 0.25) is 0 Å². The van der Waals surface area contributed by atoms with E-state index in [0.29, 0.717) is 24.4 Å². The molecule has 2 rings (SSSR count). The summed E-state index contributed by atoms with van der Waals surface area (Å²) in [5.74, 6) is 2.13. The third-order valence-corrected chi connectivity index (χ3v) is 3.96. The average Bonchev–Trinajstić information content (AvgIpc) is 3.04. The van der Waals surface area contributed by atoms with Gasteiger partial charge in [-0.2, -0.15) is 0 Å². The highest BCUT2D eigenvalue weighted by Gasteiger charge is 2.12. The number of aromatic nitrogens is 1. The third-order valence-electron chi connectivity index (χ3n) is 3.96. The lowest BCUT2D eigenvalue weighted by molar-refractivity contribution is 0.185. The molecule has 1 aromatic rings. The second-order valence-electron chi connectivity index (χ2n) is 6.77. The van der Waals surface area contributed by atoms with Crippen LogP contribution in [0.3, 0.4) is 0 Å². The maximum atomic E-state index is 5.91. The van der Waals surface area contributed by atoms with E-state index < -0.39 is 0 Å². The van der Waals surface area contributed by atoms with Crippen molar-refractivity contribution in [3.05, 3.63) is 36.0 Å². The van der Waals surface area contributed by atoms with Crippen LogP contribution in [0.5, 0.6) is 5.88 Å². The topological polar surface area (TPSA) is 58.5 Å². The lowest BCUT2D eigenvalue weighted by Crippen LogP contribution is -2.42. The monoisotopic (exact) mass is 458 g/mol. The lowest BCUT2D eigenvalue weighted by atomic mass is 10.1. The van der Waals surface area contributed by atoms with Crippen LogP contribution in [0.4, 0.5) is 0 Å². The zero-order chi connectivity index (χ0) is 17.4. The van der Waals surface area contributed by atoms with Crippen molar-refractivity contribution in [3.63, 3.8) is 0 Å². The van der Waals surface area contributed by atoms with Gasteiger partial charge in [0.25, 0.3) is 0 Å². The second-order valence-corrected chi connectivity index (χ2v) is 6.77. The molecule has 0 saturated carbocycles. The first-order valence-corrected chi connectivity index (χ1v) is 8.80. The van der Waals surface area contributed by atoms with Gasteiger partial charge in [-0.3, -0.25) is 4.99 Å². The lowest BCUT2D eigenvalue weighted by Gasteiger charge is -2.18. The van der Waals surface area contributed by atoms with Gasteiger partial charge in [-0.05, 0) is 43.7 Å². The van der Waals surface area contributed by atoms with E-state index in [1.165, 1.54) is 0 Å². The van der Waals surface area contributed by atoms with E-state index in [1.807, 2.05) is 12.1 Å². The summed E-state index contributed by atoms with van der Waals surface area (Å²) in [4.78, 5) is 8.60. The number of hydrogen-bond donors (Lipinski definition) is 2. The largest absolute Gasteiger partial charge is 0.475 e. The molecule has 0 spiro atoms. The number of nitrogens with zero attached hydrogens (tertiary/aromatic N) is 2. The van der Waals surface area contributed by atoms with Crippen molar-refractivity contribution in [2.24, 2.45) is 10.9 Å². The molecule has 1 aliphatic rings. The van der Waals surface area contributed by atoms with Gasteiger partial charge >= 0.3 is 0 Å². The molecule has 1 aliphatic carbocycles. The Morgan fingerprint density at radius 1 is 1.32 bits per heavy atom. The Balaban J connectivity index is 0.00000312. The Morgan fingerprint density at radius 2 is 2.04 bits per heavy atom. The quantitative estimate of drug-likeness (QED) is 0.282. The van der Waals surface area contributed by atoms with Gasteiger partial charge < -0.3 is 15.4 Å². The van der Waals surface area contributed by atoms with E-state index in [1.54, 1.807) is 13.2 Å². The number of rotatable bonds is 7. The van der Waals surface area contributed by atoms with Crippen LogP contribution >= 0.6 is 24.0 Å². The predicted octanol–water partition coefficient (Wildman–Crippen LogP) is 3.90. The first-order chi connectivity index (χ1) is 11.6. The maximum Gasteiger partial charge on any atom is 0.213 e. The molecular weight excluding hydrogens is 427 g/mol. The van der Waals surface area contributed by atoms with Gasteiger partial charge in [0.2, 0.25) is 5.88 Å². The minimum absolute atomic E-state index is 0. The summed E-state index contributed by atoms with van der Waals surface area (Å²) in [6, 6.07) is 4.44. The molecule has 0 radical (unpaired) electrons.